The Hall–Kier alpha value is -4.05. The SMILES string of the molecule is CCC(C)NC(=O)C(CC)N(Cc1ccc(Cl)c(Cl)c1)C(=O)CN(c1ccc(Oc2ccccc2)cc1)S(=O)(=O)c1ccccc1. The second-order valence-corrected chi connectivity index (χ2v) is 13.4. The number of sulfonamides is 1. The van der Waals surface area contributed by atoms with Gasteiger partial charge in [0.25, 0.3) is 10.0 Å². The van der Waals surface area contributed by atoms with Crippen LogP contribution in [0.3, 0.4) is 0 Å². The van der Waals surface area contributed by atoms with E-state index in [4.69, 9.17) is 27.9 Å². The van der Waals surface area contributed by atoms with Gasteiger partial charge in [0.2, 0.25) is 11.8 Å². The van der Waals surface area contributed by atoms with E-state index in [0.717, 1.165) is 4.31 Å². The maximum absolute atomic E-state index is 14.3. The van der Waals surface area contributed by atoms with E-state index in [1.54, 1.807) is 67.6 Å². The van der Waals surface area contributed by atoms with E-state index in [1.165, 1.54) is 17.0 Å². The van der Waals surface area contributed by atoms with Crippen LogP contribution >= 0.6 is 23.2 Å². The first-order chi connectivity index (χ1) is 22.0. The number of carbonyl (C=O) groups excluding carboxylic acids is 2. The number of nitrogens with one attached hydrogen (secondary N) is 1. The van der Waals surface area contributed by atoms with E-state index >= 15 is 0 Å². The second kappa shape index (κ2) is 16.0. The maximum Gasteiger partial charge on any atom is 0.264 e. The van der Waals surface area contributed by atoms with Gasteiger partial charge in [-0.25, -0.2) is 8.42 Å². The number of halogens is 2. The highest BCUT2D eigenvalue weighted by Crippen LogP contribution is 2.29. The Morgan fingerprint density at radius 1 is 0.804 bits per heavy atom. The van der Waals surface area contributed by atoms with Crippen molar-refractivity contribution in [2.24, 2.45) is 0 Å². The highest BCUT2D eigenvalue weighted by Gasteiger charge is 2.34. The monoisotopic (exact) mass is 681 g/mol. The number of amides is 2. The summed E-state index contributed by atoms with van der Waals surface area (Å²) in [5, 5.41) is 3.62. The lowest BCUT2D eigenvalue weighted by atomic mass is 10.1. The number of ether oxygens (including phenoxy) is 1. The molecule has 0 radical (unpaired) electrons. The first-order valence-electron chi connectivity index (χ1n) is 15.0. The molecule has 0 heterocycles. The Bertz CT molecular complexity index is 1720. The summed E-state index contributed by atoms with van der Waals surface area (Å²) in [5.41, 5.74) is 0.890. The van der Waals surface area contributed by atoms with Crippen LogP contribution in [0, 0.1) is 0 Å². The molecule has 0 aliphatic heterocycles. The van der Waals surface area contributed by atoms with Gasteiger partial charge >= 0.3 is 0 Å². The molecule has 4 rings (SSSR count). The summed E-state index contributed by atoms with van der Waals surface area (Å²) >= 11 is 12.4. The zero-order valence-corrected chi connectivity index (χ0v) is 28.2. The summed E-state index contributed by atoms with van der Waals surface area (Å²) in [6, 6.07) is 27.5. The van der Waals surface area contributed by atoms with Gasteiger partial charge in [-0.1, -0.05) is 79.5 Å². The quantitative estimate of drug-likeness (QED) is 0.147. The van der Waals surface area contributed by atoms with E-state index in [0.29, 0.717) is 39.9 Å². The maximum atomic E-state index is 14.3. The fourth-order valence-electron chi connectivity index (χ4n) is 4.75. The molecule has 11 heteroatoms. The summed E-state index contributed by atoms with van der Waals surface area (Å²) in [6.07, 6.45) is 1.00. The summed E-state index contributed by atoms with van der Waals surface area (Å²) in [4.78, 5) is 29.2. The van der Waals surface area contributed by atoms with Crippen LogP contribution in [0.25, 0.3) is 0 Å². The van der Waals surface area contributed by atoms with E-state index in [1.807, 2.05) is 44.2 Å². The van der Waals surface area contributed by atoms with Crippen LogP contribution in [0.1, 0.15) is 39.2 Å². The van der Waals surface area contributed by atoms with Crippen molar-refractivity contribution in [1.29, 1.82) is 0 Å². The minimum Gasteiger partial charge on any atom is -0.457 e. The standard InChI is InChI=1S/C35H37Cl2N3O5S/c1-4-25(3)38-35(42)33(5-2)39(23-26-16-21-31(36)32(37)22-26)34(41)24-40(46(43,44)30-14-10-7-11-15-30)27-17-19-29(20-18-27)45-28-12-8-6-9-13-28/h6-22,25,33H,4-5,23-24H2,1-3H3,(H,38,42). The smallest absolute Gasteiger partial charge is 0.264 e. The topological polar surface area (TPSA) is 96.0 Å². The third-order valence-corrected chi connectivity index (χ3v) is 9.96. The molecule has 2 unspecified atom stereocenters. The van der Waals surface area contributed by atoms with Gasteiger partial charge in [-0.05, 0) is 86.0 Å². The molecule has 0 saturated heterocycles. The van der Waals surface area contributed by atoms with Gasteiger partial charge < -0.3 is 15.0 Å². The summed E-state index contributed by atoms with van der Waals surface area (Å²) < 4.78 is 35.1. The molecule has 0 spiro atoms. The molecule has 2 atom stereocenters. The molecule has 2 amide bonds. The summed E-state index contributed by atoms with van der Waals surface area (Å²) in [5.74, 6) is 0.220. The molecule has 46 heavy (non-hydrogen) atoms. The molecule has 0 aromatic heterocycles. The van der Waals surface area contributed by atoms with Crippen molar-refractivity contribution in [3.63, 3.8) is 0 Å². The number of benzene rings is 4. The van der Waals surface area contributed by atoms with Crippen LogP contribution in [0.4, 0.5) is 5.69 Å². The van der Waals surface area contributed by atoms with Crippen LogP contribution in [0.2, 0.25) is 10.0 Å². The van der Waals surface area contributed by atoms with Gasteiger partial charge in [0.05, 0.1) is 20.6 Å². The van der Waals surface area contributed by atoms with E-state index < -0.39 is 28.5 Å². The first-order valence-corrected chi connectivity index (χ1v) is 17.2. The lowest BCUT2D eigenvalue weighted by Crippen LogP contribution is -2.53. The van der Waals surface area contributed by atoms with E-state index in [2.05, 4.69) is 5.32 Å². The largest absolute Gasteiger partial charge is 0.457 e. The third-order valence-electron chi connectivity index (χ3n) is 7.44. The number of hydrogen-bond donors (Lipinski definition) is 1. The fourth-order valence-corrected chi connectivity index (χ4v) is 6.50. The van der Waals surface area contributed by atoms with Crippen molar-refractivity contribution < 1.29 is 22.7 Å². The normalized spacial score (nSPS) is 12.5. The Kier molecular flexibility index (Phi) is 12.1. The van der Waals surface area contributed by atoms with Crippen LogP contribution < -0.4 is 14.4 Å². The predicted octanol–water partition coefficient (Wildman–Crippen LogP) is 7.70. The molecular weight excluding hydrogens is 645 g/mol. The fraction of sp³-hybridized carbons (Fsp3) is 0.257. The van der Waals surface area contributed by atoms with Gasteiger partial charge in [0.1, 0.15) is 24.1 Å². The van der Waals surface area contributed by atoms with Gasteiger partial charge in [-0.2, -0.15) is 0 Å². The minimum absolute atomic E-state index is 0.00519. The predicted molar refractivity (Wildman–Crippen MR) is 183 cm³/mol. The number of nitrogens with zero attached hydrogens (tertiary/aromatic N) is 2. The number of anilines is 1. The molecule has 0 aliphatic rings. The zero-order chi connectivity index (χ0) is 33.3. The van der Waals surface area contributed by atoms with Crippen molar-refractivity contribution >= 4 is 50.7 Å². The molecule has 0 fully saturated rings. The van der Waals surface area contributed by atoms with Crippen LogP contribution in [-0.2, 0) is 26.2 Å². The van der Waals surface area contributed by atoms with Crippen LogP contribution in [-0.4, -0.2) is 43.8 Å². The minimum atomic E-state index is -4.21. The second-order valence-electron chi connectivity index (χ2n) is 10.7. The zero-order valence-electron chi connectivity index (χ0n) is 25.9. The molecule has 0 aliphatic carbocycles. The molecule has 8 nitrogen and oxygen atoms in total. The molecule has 0 saturated carbocycles. The lowest BCUT2D eigenvalue weighted by Gasteiger charge is -2.33. The molecular formula is C35H37Cl2N3O5S. The summed E-state index contributed by atoms with van der Waals surface area (Å²) in [7, 11) is -4.21. The van der Waals surface area contributed by atoms with Crippen molar-refractivity contribution in [2.45, 2.75) is 57.1 Å². The van der Waals surface area contributed by atoms with Crippen LogP contribution in [0.5, 0.6) is 11.5 Å². The van der Waals surface area contributed by atoms with E-state index in [-0.39, 0.29) is 29.1 Å². The van der Waals surface area contributed by atoms with Crippen LogP contribution in [0.15, 0.2) is 108 Å². The lowest BCUT2D eigenvalue weighted by molar-refractivity contribution is -0.140. The Labute approximate surface area is 280 Å². The van der Waals surface area contributed by atoms with Gasteiger partial charge in [0.15, 0.2) is 0 Å². The number of rotatable bonds is 14. The first kappa shape index (κ1) is 34.8. The highest BCUT2D eigenvalue weighted by atomic mass is 35.5. The summed E-state index contributed by atoms with van der Waals surface area (Å²) in [6.45, 7) is 5.08. The number of carbonyl (C=O) groups is 2. The van der Waals surface area contributed by atoms with Gasteiger partial charge in [0, 0.05) is 12.6 Å². The highest BCUT2D eigenvalue weighted by molar-refractivity contribution is 7.92. The Morgan fingerprint density at radius 3 is 2.00 bits per heavy atom. The molecule has 4 aromatic carbocycles. The molecule has 1 N–H and O–H groups in total. The van der Waals surface area contributed by atoms with Crippen molar-refractivity contribution in [3.05, 3.63) is 119 Å². The number of para-hydroxylation sites is 1. The Morgan fingerprint density at radius 2 is 1.41 bits per heavy atom. The van der Waals surface area contributed by atoms with Gasteiger partial charge in [-0.15, -0.1) is 0 Å². The molecule has 242 valence electrons. The Balaban J connectivity index is 1.72. The van der Waals surface area contributed by atoms with E-state index in [9.17, 15) is 18.0 Å². The average molecular weight is 683 g/mol. The van der Waals surface area contributed by atoms with Gasteiger partial charge in [-0.3, -0.25) is 13.9 Å². The third kappa shape index (κ3) is 8.81. The number of hydrogen-bond acceptors (Lipinski definition) is 5. The molecule has 4 aromatic rings. The molecule has 0 bridgehead atoms. The van der Waals surface area contributed by atoms with Crippen molar-refractivity contribution in [1.82, 2.24) is 10.2 Å². The average Bonchev–Trinajstić information content (AvgIpc) is 3.06. The van der Waals surface area contributed by atoms with Crippen molar-refractivity contribution in [2.75, 3.05) is 10.8 Å². The van der Waals surface area contributed by atoms with Crippen molar-refractivity contribution in [3.8, 4) is 11.5 Å².